The number of rotatable bonds is 11. The largest absolute Gasteiger partial charge is 0.436 e. The zero-order valence-corrected chi connectivity index (χ0v) is 24.3. The number of ether oxygens (including phenoxy) is 1. The highest BCUT2D eigenvalue weighted by atomic mass is 19.1. The highest BCUT2D eigenvalue weighted by molar-refractivity contribution is 5.94. The molecule has 11 nitrogen and oxygen atoms in total. The molecule has 1 N–H and O–H groups in total. The van der Waals surface area contributed by atoms with Crippen molar-refractivity contribution in [2.24, 2.45) is 5.92 Å². The summed E-state index contributed by atoms with van der Waals surface area (Å²) >= 11 is 0. The number of allylic oxidation sites excluding steroid dienone is 1. The lowest BCUT2D eigenvalue weighted by Crippen LogP contribution is -2.38. The average Bonchev–Trinajstić information content (AvgIpc) is 3.22. The molecule has 0 aliphatic carbocycles. The van der Waals surface area contributed by atoms with Gasteiger partial charge in [0.15, 0.2) is 11.9 Å². The van der Waals surface area contributed by atoms with E-state index in [1.165, 1.54) is 59.1 Å². The summed E-state index contributed by atoms with van der Waals surface area (Å²) in [5, 5.41) is 3.22. The summed E-state index contributed by atoms with van der Waals surface area (Å²) in [6, 6.07) is 6.43. The Morgan fingerprint density at radius 1 is 1.12 bits per heavy atom. The van der Waals surface area contributed by atoms with E-state index in [-0.39, 0.29) is 36.9 Å². The average molecular weight is 569 g/mol. The molecule has 0 fully saturated rings. The minimum Gasteiger partial charge on any atom is -0.436 e. The zero-order chi connectivity index (χ0) is 30.3. The first-order valence-electron chi connectivity index (χ1n) is 13.3. The normalized spacial score (nSPS) is 12.1. The summed E-state index contributed by atoms with van der Waals surface area (Å²) in [5.41, 5.74) is 1.10. The van der Waals surface area contributed by atoms with Crippen molar-refractivity contribution in [3.8, 4) is 0 Å². The van der Waals surface area contributed by atoms with Crippen LogP contribution in [0.5, 0.6) is 0 Å². The molecule has 3 amide bonds. The minimum atomic E-state index is -1.23. The van der Waals surface area contributed by atoms with Crippen molar-refractivity contribution in [3.63, 3.8) is 0 Å². The first-order chi connectivity index (χ1) is 19.4. The van der Waals surface area contributed by atoms with E-state index < -0.39 is 23.7 Å². The van der Waals surface area contributed by atoms with Crippen LogP contribution in [-0.2, 0) is 27.4 Å². The van der Waals surface area contributed by atoms with Gasteiger partial charge in [-0.1, -0.05) is 19.9 Å². The van der Waals surface area contributed by atoms with Gasteiger partial charge < -0.3 is 29.0 Å². The molecule has 0 saturated carbocycles. The summed E-state index contributed by atoms with van der Waals surface area (Å²) in [6.07, 6.45) is 4.24. The van der Waals surface area contributed by atoms with Gasteiger partial charge in [-0.3, -0.25) is 14.4 Å². The van der Waals surface area contributed by atoms with Crippen molar-refractivity contribution in [2.45, 2.75) is 45.9 Å². The lowest BCUT2D eigenvalue weighted by Gasteiger charge is -2.19. The second kappa shape index (κ2) is 13.7. The molecule has 0 saturated heterocycles. The molecule has 0 bridgehead atoms. The van der Waals surface area contributed by atoms with Gasteiger partial charge in [-0.15, -0.1) is 0 Å². The smallest absolute Gasteiger partial charge is 0.410 e. The van der Waals surface area contributed by atoms with Gasteiger partial charge in [-0.25, -0.2) is 14.2 Å². The van der Waals surface area contributed by atoms with Crippen LogP contribution in [0.1, 0.15) is 32.4 Å². The maximum atomic E-state index is 13.9. The number of nitrogens with zero attached hydrogens (tertiary/aromatic N) is 5. The van der Waals surface area contributed by atoms with Crippen molar-refractivity contribution < 1.29 is 23.5 Å². The molecule has 41 heavy (non-hydrogen) atoms. The van der Waals surface area contributed by atoms with Crippen LogP contribution in [-0.4, -0.2) is 76.1 Å². The summed E-state index contributed by atoms with van der Waals surface area (Å²) in [4.78, 5) is 57.0. The van der Waals surface area contributed by atoms with E-state index in [2.05, 4.69) is 28.7 Å². The number of benzene rings is 1. The van der Waals surface area contributed by atoms with Crippen LogP contribution in [0.3, 0.4) is 0 Å². The van der Waals surface area contributed by atoms with E-state index in [1.54, 1.807) is 26.2 Å². The second-order valence-corrected chi connectivity index (χ2v) is 10.5. The molecule has 0 aliphatic rings. The molecule has 2 aromatic heterocycles. The van der Waals surface area contributed by atoms with Crippen LogP contribution < -0.4 is 10.9 Å². The van der Waals surface area contributed by atoms with Crippen LogP contribution in [0, 0.1) is 11.7 Å². The van der Waals surface area contributed by atoms with Gasteiger partial charge >= 0.3 is 6.09 Å². The summed E-state index contributed by atoms with van der Waals surface area (Å²) in [7, 11) is 6.20. The fourth-order valence-corrected chi connectivity index (χ4v) is 4.09. The minimum absolute atomic E-state index is 0.0789. The lowest BCUT2D eigenvalue weighted by atomic mass is 10.1. The first kappa shape index (κ1) is 31.1. The Bertz CT molecular complexity index is 1490. The quantitative estimate of drug-likeness (QED) is 0.354. The van der Waals surface area contributed by atoms with Gasteiger partial charge in [0.2, 0.25) is 5.91 Å². The molecule has 3 aromatic rings. The fourth-order valence-electron chi connectivity index (χ4n) is 4.09. The third-order valence-electron chi connectivity index (χ3n) is 6.18. The van der Waals surface area contributed by atoms with Gasteiger partial charge in [-0.2, -0.15) is 0 Å². The number of likely N-dealkylation sites (N-methyl/N-ethyl adjacent to an activating group) is 1. The molecule has 0 radical (unpaired) electrons. The van der Waals surface area contributed by atoms with E-state index >= 15 is 0 Å². The molecule has 3 rings (SSSR count). The summed E-state index contributed by atoms with van der Waals surface area (Å²) < 4.78 is 22.7. The van der Waals surface area contributed by atoms with Crippen molar-refractivity contribution in [3.05, 3.63) is 70.7 Å². The summed E-state index contributed by atoms with van der Waals surface area (Å²) in [5.74, 6) is -1.21. The molecule has 0 aliphatic heterocycles. The van der Waals surface area contributed by atoms with E-state index in [0.717, 1.165) is 16.6 Å². The lowest BCUT2D eigenvalue weighted by molar-refractivity contribution is -0.125. The van der Waals surface area contributed by atoms with E-state index in [0.29, 0.717) is 12.5 Å². The number of carbonyl (C=O) groups is 3. The number of amides is 3. The van der Waals surface area contributed by atoms with Crippen LogP contribution in [0.25, 0.3) is 10.9 Å². The Morgan fingerprint density at radius 2 is 1.85 bits per heavy atom. The number of aromatic nitrogens is 3. The zero-order valence-electron chi connectivity index (χ0n) is 24.3. The molecule has 2 heterocycles. The Labute approximate surface area is 238 Å². The SMILES string of the molecule is CC(C)Cn1c(Cn2ccnc(NC(=O)[C@H](CC/C=C/C(=O)N(C)C)OC(=O)N(C)C)c2=O)cc2cc(F)ccc21. The Kier molecular flexibility index (Phi) is 10.4. The third-order valence-corrected chi connectivity index (χ3v) is 6.18. The summed E-state index contributed by atoms with van der Waals surface area (Å²) in [6.45, 7) is 4.97. The Balaban J connectivity index is 1.83. The van der Waals surface area contributed by atoms with Crippen LogP contribution in [0.4, 0.5) is 15.0 Å². The highest BCUT2D eigenvalue weighted by Crippen LogP contribution is 2.23. The van der Waals surface area contributed by atoms with Crippen molar-refractivity contribution in [1.29, 1.82) is 0 Å². The van der Waals surface area contributed by atoms with Gasteiger partial charge in [0, 0.05) is 63.7 Å². The number of carbonyl (C=O) groups excluding carboxylic acids is 3. The van der Waals surface area contributed by atoms with Gasteiger partial charge in [0.05, 0.1) is 6.54 Å². The number of hydrogen-bond acceptors (Lipinski definition) is 6. The molecule has 12 heteroatoms. The number of halogens is 1. The van der Waals surface area contributed by atoms with Crippen molar-refractivity contribution >= 4 is 34.6 Å². The molecule has 1 aromatic carbocycles. The number of nitrogens with one attached hydrogen (secondary N) is 1. The van der Waals surface area contributed by atoms with Crippen LogP contribution in [0.15, 0.2) is 53.6 Å². The Hall–Kier alpha value is -4.48. The maximum Gasteiger partial charge on any atom is 0.410 e. The third kappa shape index (κ3) is 8.26. The molecule has 1 atom stereocenters. The number of fused-ring (bicyclic) bond motifs is 1. The maximum absolute atomic E-state index is 13.9. The van der Waals surface area contributed by atoms with Gasteiger partial charge in [-0.05, 0) is 49.1 Å². The standard InChI is InChI=1S/C29H37FN6O5/c1-19(2)17-36-22(16-20-15-21(30)11-12-23(20)36)18-35-14-13-31-26(28(35)39)32-27(38)24(41-29(40)34(5)6)9-7-8-10-25(37)33(3)4/h8,10-16,19,24H,7,9,17-18H2,1-6H3,(H,31,32,38)/b10-8+/t24-/m0/s1. The number of hydrogen-bond donors (Lipinski definition) is 1. The van der Waals surface area contributed by atoms with E-state index in [1.807, 2.05) is 6.07 Å². The molecule has 0 unspecified atom stereocenters. The highest BCUT2D eigenvalue weighted by Gasteiger charge is 2.25. The fraction of sp³-hybridized carbons (Fsp3) is 0.414. The predicted molar refractivity (Wildman–Crippen MR) is 154 cm³/mol. The number of anilines is 1. The monoisotopic (exact) mass is 568 g/mol. The van der Waals surface area contributed by atoms with E-state index in [4.69, 9.17) is 4.74 Å². The molecule has 220 valence electrons. The molecular weight excluding hydrogens is 531 g/mol. The second-order valence-electron chi connectivity index (χ2n) is 10.5. The van der Waals surface area contributed by atoms with E-state index in [9.17, 15) is 23.6 Å². The van der Waals surface area contributed by atoms with Crippen LogP contribution >= 0.6 is 0 Å². The van der Waals surface area contributed by atoms with Crippen molar-refractivity contribution in [2.75, 3.05) is 33.5 Å². The molecule has 0 spiro atoms. The van der Waals surface area contributed by atoms with Gasteiger partial charge in [0.1, 0.15) is 5.82 Å². The van der Waals surface area contributed by atoms with Gasteiger partial charge in [0.25, 0.3) is 11.5 Å². The Morgan fingerprint density at radius 3 is 2.51 bits per heavy atom. The molecular formula is C29H37FN6O5. The predicted octanol–water partition coefficient (Wildman–Crippen LogP) is 3.47. The van der Waals surface area contributed by atoms with Crippen LogP contribution in [0.2, 0.25) is 0 Å². The van der Waals surface area contributed by atoms with Crippen molar-refractivity contribution in [1.82, 2.24) is 23.9 Å². The first-order valence-corrected chi connectivity index (χ1v) is 13.3. The topological polar surface area (TPSA) is 119 Å².